The lowest BCUT2D eigenvalue weighted by Gasteiger charge is -2.15. The van der Waals surface area contributed by atoms with Crippen molar-refractivity contribution in [2.45, 2.75) is 19.5 Å². The summed E-state index contributed by atoms with van der Waals surface area (Å²) >= 11 is 3.43. The van der Waals surface area contributed by atoms with Crippen LogP contribution in [0.25, 0.3) is 0 Å². The third-order valence-corrected chi connectivity index (χ3v) is 3.65. The Bertz CT molecular complexity index is 616. The van der Waals surface area contributed by atoms with E-state index < -0.39 is 5.75 Å². The highest BCUT2D eigenvalue weighted by Crippen LogP contribution is 2.37. The van der Waals surface area contributed by atoms with Gasteiger partial charge in [0.15, 0.2) is 11.5 Å². The normalized spacial score (nSPS) is 12.3. The molecule has 0 saturated heterocycles. The van der Waals surface area contributed by atoms with Crippen molar-refractivity contribution in [3.8, 4) is 17.2 Å². The standard InChI is InChI=1S/C15H16BrNO3/c1-9(10-3-2-4-12(16)7-10)17-8-11-5-6-13(18)15(20)14(11)19/h2-7,9,17-20H,8H2,1H3. The number of hydrogen-bond donors (Lipinski definition) is 4. The first kappa shape index (κ1) is 14.7. The monoisotopic (exact) mass is 337 g/mol. The maximum absolute atomic E-state index is 9.75. The van der Waals surface area contributed by atoms with E-state index in [1.54, 1.807) is 6.07 Å². The van der Waals surface area contributed by atoms with Crippen molar-refractivity contribution in [2.75, 3.05) is 0 Å². The number of aromatic hydroxyl groups is 3. The van der Waals surface area contributed by atoms with Crippen LogP contribution in [0.2, 0.25) is 0 Å². The van der Waals surface area contributed by atoms with Crippen LogP contribution in [0.5, 0.6) is 17.2 Å². The van der Waals surface area contributed by atoms with Crippen LogP contribution in [-0.2, 0) is 6.54 Å². The summed E-state index contributed by atoms with van der Waals surface area (Å²) in [7, 11) is 0. The Kier molecular flexibility index (Phi) is 4.52. The zero-order chi connectivity index (χ0) is 14.7. The van der Waals surface area contributed by atoms with Gasteiger partial charge in [0.2, 0.25) is 5.75 Å². The summed E-state index contributed by atoms with van der Waals surface area (Å²) in [4.78, 5) is 0. The molecule has 1 atom stereocenters. The molecule has 0 aliphatic heterocycles. The van der Waals surface area contributed by atoms with Gasteiger partial charge >= 0.3 is 0 Å². The predicted molar refractivity (Wildman–Crippen MR) is 80.8 cm³/mol. The van der Waals surface area contributed by atoms with E-state index in [2.05, 4.69) is 21.2 Å². The summed E-state index contributed by atoms with van der Waals surface area (Å²) in [6, 6.07) is 11.0. The summed E-state index contributed by atoms with van der Waals surface area (Å²) in [5.74, 6) is -1.11. The van der Waals surface area contributed by atoms with Gasteiger partial charge in [0.1, 0.15) is 0 Å². The van der Waals surface area contributed by atoms with E-state index in [9.17, 15) is 15.3 Å². The first-order valence-electron chi connectivity index (χ1n) is 6.20. The second kappa shape index (κ2) is 6.15. The van der Waals surface area contributed by atoms with Crippen molar-refractivity contribution in [3.05, 3.63) is 52.0 Å². The SMILES string of the molecule is CC(NCc1ccc(O)c(O)c1O)c1cccc(Br)c1. The molecule has 0 saturated carbocycles. The molecule has 2 rings (SSSR count). The number of phenols is 3. The summed E-state index contributed by atoms with van der Waals surface area (Å²) in [5.41, 5.74) is 1.64. The van der Waals surface area contributed by atoms with E-state index >= 15 is 0 Å². The molecule has 0 bridgehead atoms. The topological polar surface area (TPSA) is 72.7 Å². The van der Waals surface area contributed by atoms with Crippen LogP contribution in [0.3, 0.4) is 0 Å². The fourth-order valence-electron chi connectivity index (χ4n) is 1.91. The Balaban J connectivity index is 2.07. The van der Waals surface area contributed by atoms with Crippen LogP contribution >= 0.6 is 15.9 Å². The summed E-state index contributed by atoms with van der Waals surface area (Å²) in [5, 5.41) is 31.8. The Morgan fingerprint density at radius 2 is 1.85 bits per heavy atom. The van der Waals surface area contributed by atoms with Crippen molar-refractivity contribution < 1.29 is 15.3 Å². The first-order chi connectivity index (χ1) is 9.49. The van der Waals surface area contributed by atoms with E-state index in [4.69, 9.17) is 0 Å². The quantitative estimate of drug-likeness (QED) is 0.645. The lowest BCUT2D eigenvalue weighted by Crippen LogP contribution is -2.18. The van der Waals surface area contributed by atoms with Crippen molar-refractivity contribution in [2.24, 2.45) is 0 Å². The minimum Gasteiger partial charge on any atom is -0.504 e. The molecule has 0 aliphatic carbocycles. The average molecular weight is 338 g/mol. The molecule has 2 aromatic rings. The van der Waals surface area contributed by atoms with Crippen molar-refractivity contribution in [1.29, 1.82) is 0 Å². The second-order valence-electron chi connectivity index (χ2n) is 4.60. The third-order valence-electron chi connectivity index (χ3n) is 3.16. The minimum atomic E-state index is -0.487. The van der Waals surface area contributed by atoms with Gasteiger partial charge in [-0.05, 0) is 30.7 Å². The van der Waals surface area contributed by atoms with Gasteiger partial charge in [-0.15, -0.1) is 0 Å². The number of phenolic OH excluding ortho intramolecular Hbond substituents is 3. The lowest BCUT2D eigenvalue weighted by atomic mass is 10.1. The average Bonchev–Trinajstić information content (AvgIpc) is 2.44. The van der Waals surface area contributed by atoms with E-state index in [0.29, 0.717) is 12.1 Å². The predicted octanol–water partition coefficient (Wildman–Crippen LogP) is 3.42. The summed E-state index contributed by atoms with van der Waals surface area (Å²) in [6.45, 7) is 2.40. The van der Waals surface area contributed by atoms with E-state index in [0.717, 1.165) is 10.0 Å². The highest BCUT2D eigenvalue weighted by Gasteiger charge is 2.12. The highest BCUT2D eigenvalue weighted by atomic mass is 79.9. The molecule has 4 nitrogen and oxygen atoms in total. The number of nitrogens with one attached hydrogen (secondary N) is 1. The highest BCUT2D eigenvalue weighted by molar-refractivity contribution is 9.10. The van der Waals surface area contributed by atoms with Crippen LogP contribution in [0, 0.1) is 0 Å². The number of rotatable bonds is 4. The maximum atomic E-state index is 9.75. The molecule has 0 heterocycles. The van der Waals surface area contributed by atoms with Gasteiger partial charge in [-0.2, -0.15) is 0 Å². The van der Waals surface area contributed by atoms with Gasteiger partial charge in [-0.25, -0.2) is 0 Å². The van der Waals surface area contributed by atoms with Crippen LogP contribution in [0.15, 0.2) is 40.9 Å². The fourth-order valence-corrected chi connectivity index (χ4v) is 2.33. The maximum Gasteiger partial charge on any atom is 0.200 e. The third kappa shape index (κ3) is 3.23. The lowest BCUT2D eigenvalue weighted by molar-refractivity contribution is 0.363. The van der Waals surface area contributed by atoms with Crippen LogP contribution in [0.1, 0.15) is 24.1 Å². The molecule has 0 amide bonds. The van der Waals surface area contributed by atoms with Crippen LogP contribution in [0.4, 0.5) is 0 Å². The summed E-state index contributed by atoms with van der Waals surface area (Å²) < 4.78 is 1.01. The molecule has 4 N–H and O–H groups in total. The number of hydrogen-bond acceptors (Lipinski definition) is 4. The number of halogens is 1. The molecular formula is C15H16BrNO3. The minimum absolute atomic E-state index is 0.0860. The Hall–Kier alpha value is -1.72. The van der Waals surface area contributed by atoms with Crippen molar-refractivity contribution >= 4 is 15.9 Å². The molecule has 5 heteroatoms. The molecule has 0 fully saturated rings. The van der Waals surface area contributed by atoms with Gasteiger partial charge in [0, 0.05) is 22.6 Å². The zero-order valence-corrected chi connectivity index (χ0v) is 12.6. The smallest absolute Gasteiger partial charge is 0.200 e. The number of benzene rings is 2. The molecule has 0 radical (unpaired) electrons. The molecule has 106 valence electrons. The molecule has 0 aromatic heterocycles. The Morgan fingerprint density at radius 3 is 2.55 bits per heavy atom. The fraction of sp³-hybridized carbons (Fsp3) is 0.200. The van der Waals surface area contributed by atoms with E-state index in [-0.39, 0.29) is 17.5 Å². The van der Waals surface area contributed by atoms with Gasteiger partial charge in [0.25, 0.3) is 0 Å². The van der Waals surface area contributed by atoms with Gasteiger partial charge < -0.3 is 20.6 Å². The van der Waals surface area contributed by atoms with Crippen molar-refractivity contribution in [3.63, 3.8) is 0 Å². The Morgan fingerprint density at radius 1 is 1.10 bits per heavy atom. The zero-order valence-electron chi connectivity index (χ0n) is 11.0. The molecule has 1 unspecified atom stereocenters. The van der Waals surface area contributed by atoms with Gasteiger partial charge in [-0.3, -0.25) is 0 Å². The molecule has 2 aromatic carbocycles. The van der Waals surface area contributed by atoms with Gasteiger partial charge in [-0.1, -0.05) is 34.1 Å². The molecule has 0 spiro atoms. The first-order valence-corrected chi connectivity index (χ1v) is 7.00. The summed E-state index contributed by atoms with van der Waals surface area (Å²) in [6.07, 6.45) is 0. The molecule has 0 aliphatic rings. The van der Waals surface area contributed by atoms with Crippen LogP contribution in [-0.4, -0.2) is 15.3 Å². The van der Waals surface area contributed by atoms with E-state index in [1.807, 2.05) is 31.2 Å². The van der Waals surface area contributed by atoms with Gasteiger partial charge in [0.05, 0.1) is 0 Å². The Labute approximate surface area is 125 Å². The molecule has 20 heavy (non-hydrogen) atoms. The second-order valence-corrected chi connectivity index (χ2v) is 5.51. The van der Waals surface area contributed by atoms with Crippen molar-refractivity contribution in [1.82, 2.24) is 5.32 Å². The van der Waals surface area contributed by atoms with Crippen LogP contribution < -0.4 is 5.32 Å². The molecular weight excluding hydrogens is 322 g/mol. The van der Waals surface area contributed by atoms with E-state index in [1.165, 1.54) is 6.07 Å². The largest absolute Gasteiger partial charge is 0.504 e.